The molecular formula is C23H32N4. The first-order valence-corrected chi connectivity index (χ1v) is 10.7. The maximum Gasteiger partial charge on any atom is 0.0726 e. The van der Waals surface area contributed by atoms with E-state index in [4.69, 9.17) is 4.98 Å². The predicted molar refractivity (Wildman–Crippen MR) is 113 cm³/mol. The SMILES string of the molecule is Cc1nc2ccccc2c(N2CCN(C3CC4CCC(C3)N4C)CC2)c1C. The van der Waals surface area contributed by atoms with E-state index in [1.165, 1.54) is 55.4 Å². The molecule has 0 spiro atoms. The van der Waals surface area contributed by atoms with Crippen molar-refractivity contribution in [3.63, 3.8) is 0 Å². The third-order valence-corrected chi connectivity index (χ3v) is 7.57. The molecule has 27 heavy (non-hydrogen) atoms. The molecule has 2 atom stereocenters. The summed E-state index contributed by atoms with van der Waals surface area (Å²) in [5.41, 5.74) is 5.06. The maximum absolute atomic E-state index is 4.81. The van der Waals surface area contributed by atoms with Gasteiger partial charge in [-0.3, -0.25) is 9.88 Å². The minimum Gasteiger partial charge on any atom is -0.368 e. The topological polar surface area (TPSA) is 22.6 Å². The first kappa shape index (κ1) is 17.4. The van der Waals surface area contributed by atoms with Gasteiger partial charge >= 0.3 is 0 Å². The summed E-state index contributed by atoms with van der Waals surface area (Å²) in [4.78, 5) is 12.9. The van der Waals surface area contributed by atoms with Crippen LogP contribution in [0.2, 0.25) is 0 Å². The molecule has 2 aromatic rings. The first-order chi connectivity index (χ1) is 13.1. The summed E-state index contributed by atoms with van der Waals surface area (Å²) in [7, 11) is 2.34. The standard InChI is InChI=1S/C23H32N4/c1-16-17(2)24-22-7-5-4-6-21(22)23(16)27-12-10-26(11-13-27)20-14-18-8-9-19(15-20)25(18)3/h4-7,18-20H,8-15H2,1-3H3. The Morgan fingerprint density at radius 1 is 0.889 bits per heavy atom. The van der Waals surface area contributed by atoms with Crippen molar-refractivity contribution in [2.75, 3.05) is 38.1 Å². The van der Waals surface area contributed by atoms with Gasteiger partial charge in [-0.05, 0) is 58.2 Å². The van der Waals surface area contributed by atoms with Gasteiger partial charge in [0.1, 0.15) is 0 Å². The largest absolute Gasteiger partial charge is 0.368 e. The molecule has 4 heterocycles. The van der Waals surface area contributed by atoms with E-state index in [1.54, 1.807) is 0 Å². The van der Waals surface area contributed by atoms with E-state index >= 15 is 0 Å². The Hall–Kier alpha value is -1.65. The lowest BCUT2D eigenvalue weighted by atomic mass is 9.95. The van der Waals surface area contributed by atoms with Crippen molar-refractivity contribution in [1.29, 1.82) is 0 Å². The van der Waals surface area contributed by atoms with Crippen LogP contribution in [0.3, 0.4) is 0 Å². The number of aromatic nitrogens is 1. The van der Waals surface area contributed by atoms with E-state index < -0.39 is 0 Å². The second kappa shape index (κ2) is 6.75. The third kappa shape index (κ3) is 2.94. The van der Waals surface area contributed by atoms with Gasteiger partial charge in [-0.15, -0.1) is 0 Å². The van der Waals surface area contributed by atoms with Crippen molar-refractivity contribution in [3.05, 3.63) is 35.5 Å². The van der Waals surface area contributed by atoms with Crippen LogP contribution in [0, 0.1) is 13.8 Å². The lowest BCUT2D eigenvalue weighted by Gasteiger charge is -2.45. The van der Waals surface area contributed by atoms with E-state index in [1.807, 2.05) is 0 Å². The molecule has 144 valence electrons. The molecule has 0 aliphatic carbocycles. The summed E-state index contributed by atoms with van der Waals surface area (Å²) in [5.74, 6) is 0. The van der Waals surface area contributed by atoms with Crippen LogP contribution >= 0.6 is 0 Å². The van der Waals surface area contributed by atoms with Gasteiger partial charge < -0.3 is 9.80 Å². The number of piperidine rings is 1. The third-order valence-electron chi connectivity index (χ3n) is 7.57. The summed E-state index contributed by atoms with van der Waals surface area (Å²) in [5, 5.41) is 1.31. The van der Waals surface area contributed by atoms with Crippen molar-refractivity contribution in [2.24, 2.45) is 0 Å². The van der Waals surface area contributed by atoms with Crippen molar-refractivity contribution in [3.8, 4) is 0 Å². The van der Waals surface area contributed by atoms with Crippen LogP contribution in [0.15, 0.2) is 24.3 Å². The molecule has 2 unspecified atom stereocenters. The summed E-state index contributed by atoms with van der Waals surface area (Å²) >= 11 is 0. The molecule has 1 aromatic carbocycles. The van der Waals surface area contributed by atoms with E-state index in [2.05, 4.69) is 59.9 Å². The molecule has 5 rings (SSSR count). The number of hydrogen-bond acceptors (Lipinski definition) is 4. The normalized spacial score (nSPS) is 29.6. The highest BCUT2D eigenvalue weighted by molar-refractivity contribution is 5.93. The number of aryl methyl sites for hydroxylation is 1. The van der Waals surface area contributed by atoms with Crippen molar-refractivity contribution in [1.82, 2.24) is 14.8 Å². The fraction of sp³-hybridized carbons (Fsp3) is 0.609. The minimum atomic E-state index is 0.804. The molecule has 0 N–H and O–H groups in total. The Morgan fingerprint density at radius 3 is 2.26 bits per heavy atom. The zero-order valence-electron chi connectivity index (χ0n) is 17.0. The Kier molecular flexibility index (Phi) is 4.36. The molecule has 3 saturated heterocycles. The van der Waals surface area contributed by atoms with Crippen molar-refractivity contribution in [2.45, 2.75) is 57.7 Å². The highest BCUT2D eigenvalue weighted by Crippen LogP contribution is 2.37. The lowest BCUT2D eigenvalue weighted by molar-refractivity contribution is 0.0719. The second-order valence-electron chi connectivity index (χ2n) is 8.89. The highest BCUT2D eigenvalue weighted by Gasteiger charge is 2.40. The van der Waals surface area contributed by atoms with Crippen molar-refractivity contribution >= 4 is 16.6 Å². The molecule has 2 bridgehead atoms. The van der Waals surface area contributed by atoms with Crippen LogP contribution in [0.25, 0.3) is 10.9 Å². The molecule has 3 aliphatic heterocycles. The van der Waals surface area contributed by atoms with Gasteiger partial charge in [-0.1, -0.05) is 18.2 Å². The average molecular weight is 365 g/mol. The van der Waals surface area contributed by atoms with Crippen LogP contribution in [-0.4, -0.2) is 66.1 Å². The van der Waals surface area contributed by atoms with Gasteiger partial charge in [0, 0.05) is 55.4 Å². The average Bonchev–Trinajstić information content (AvgIpc) is 2.90. The summed E-state index contributed by atoms with van der Waals surface area (Å²) in [6.07, 6.45) is 5.59. The Balaban J connectivity index is 1.34. The molecule has 0 saturated carbocycles. The van der Waals surface area contributed by atoms with Crippen LogP contribution in [0.1, 0.15) is 36.9 Å². The van der Waals surface area contributed by atoms with E-state index in [0.29, 0.717) is 0 Å². The van der Waals surface area contributed by atoms with Crippen LogP contribution in [-0.2, 0) is 0 Å². The molecular weight excluding hydrogens is 332 g/mol. The number of piperazine rings is 1. The van der Waals surface area contributed by atoms with E-state index in [0.717, 1.165) is 42.4 Å². The first-order valence-electron chi connectivity index (χ1n) is 10.7. The summed E-state index contributed by atoms with van der Waals surface area (Å²) in [6.45, 7) is 9.05. The predicted octanol–water partition coefficient (Wildman–Crippen LogP) is 3.60. The molecule has 3 aliphatic rings. The maximum atomic E-state index is 4.81. The smallest absolute Gasteiger partial charge is 0.0726 e. The molecule has 4 nitrogen and oxygen atoms in total. The number of anilines is 1. The Labute approximate surface area is 163 Å². The van der Waals surface area contributed by atoms with Crippen molar-refractivity contribution < 1.29 is 0 Å². The van der Waals surface area contributed by atoms with Gasteiger partial charge in [-0.2, -0.15) is 0 Å². The summed E-state index contributed by atoms with van der Waals surface area (Å²) in [6, 6.07) is 11.1. The van der Waals surface area contributed by atoms with Gasteiger partial charge in [0.15, 0.2) is 0 Å². The number of nitrogens with zero attached hydrogens (tertiary/aromatic N) is 4. The Bertz CT molecular complexity index is 826. The van der Waals surface area contributed by atoms with Crippen LogP contribution in [0.5, 0.6) is 0 Å². The monoisotopic (exact) mass is 364 g/mol. The number of pyridine rings is 1. The molecule has 4 heteroatoms. The Morgan fingerprint density at radius 2 is 1.56 bits per heavy atom. The van der Waals surface area contributed by atoms with E-state index in [9.17, 15) is 0 Å². The number of benzene rings is 1. The van der Waals surface area contributed by atoms with Gasteiger partial charge in [-0.25, -0.2) is 0 Å². The zero-order valence-corrected chi connectivity index (χ0v) is 17.0. The second-order valence-corrected chi connectivity index (χ2v) is 8.89. The zero-order chi connectivity index (χ0) is 18.5. The number of fused-ring (bicyclic) bond motifs is 3. The minimum absolute atomic E-state index is 0.804. The summed E-state index contributed by atoms with van der Waals surface area (Å²) < 4.78 is 0. The van der Waals surface area contributed by atoms with Crippen LogP contribution < -0.4 is 4.90 Å². The van der Waals surface area contributed by atoms with Gasteiger partial charge in [0.25, 0.3) is 0 Å². The fourth-order valence-corrected chi connectivity index (χ4v) is 5.81. The number of rotatable bonds is 2. The lowest BCUT2D eigenvalue weighted by Crippen LogP contribution is -2.55. The molecule has 1 aromatic heterocycles. The molecule has 0 radical (unpaired) electrons. The van der Waals surface area contributed by atoms with Crippen LogP contribution in [0.4, 0.5) is 5.69 Å². The van der Waals surface area contributed by atoms with Gasteiger partial charge in [0.05, 0.1) is 11.2 Å². The number of hydrogen-bond donors (Lipinski definition) is 0. The fourth-order valence-electron chi connectivity index (χ4n) is 5.81. The molecule has 0 amide bonds. The molecule has 3 fully saturated rings. The highest BCUT2D eigenvalue weighted by atomic mass is 15.3. The van der Waals surface area contributed by atoms with E-state index in [-0.39, 0.29) is 0 Å². The van der Waals surface area contributed by atoms with Gasteiger partial charge in [0.2, 0.25) is 0 Å². The quantitative estimate of drug-likeness (QED) is 0.812. The number of para-hydroxylation sites is 1.